The molecule has 0 amide bonds. The third kappa shape index (κ3) is 0.240. The quantitative estimate of drug-likeness (QED) is 0.428. The van der Waals surface area contributed by atoms with Crippen LogP contribution in [-0.4, -0.2) is 0 Å². The van der Waals surface area contributed by atoms with Crippen LogP contribution < -0.4 is 0 Å². The molecule has 0 aromatic heterocycles. The zero-order valence-electron chi connectivity index (χ0n) is 4.43. The highest BCUT2D eigenvalue weighted by Crippen LogP contribution is 2.69. The molecule has 0 saturated heterocycles. The fourth-order valence-corrected chi connectivity index (χ4v) is 2.52. The molecule has 38 valence electrons. The predicted molar refractivity (Wildman–Crippen MR) is 27.8 cm³/mol. The molecule has 2 unspecified atom stereocenters. The van der Waals surface area contributed by atoms with Crippen molar-refractivity contribution in [2.24, 2.45) is 23.7 Å². The fourth-order valence-electron chi connectivity index (χ4n) is 2.52. The maximum atomic E-state index is 1.62. The second-order valence-corrected chi connectivity index (χ2v) is 3.55. The topological polar surface area (TPSA) is 0 Å². The van der Waals surface area contributed by atoms with Gasteiger partial charge in [0, 0.05) is 0 Å². The highest BCUT2D eigenvalue weighted by molar-refractivity contribution is 5.10. The smallest absolute Gasteiger partial charge is 0.0352 e. The van der Waals surface area contributed by atoms with E-state index in [0.29, 0.717) is 0 Å². The van der Waals surface area contributed by atoms with Crippen LogP contribution in [0.2, 0.25) is 0 Å². The lowest BCUT2D eigenvalue weighted by Crippen LogP contribution is -1.72. The summed E-state index contributed by atoms with van der Waals surface area (Å²) in [6.45, 7) is 0. The summed E-state index contributed by atoms with van der Waals surface area (Å²) in [5, 5.41) is 0. The van der Waals surface area contributed by atoms with Crippen LogP contribution in [0.25, 0.3) is 0 Å². The fraction of sp³-hybridized carbons (Fsp3) is 1.00. The van der Waals surface area contributed by atoms with Gasteiger partial charge in [-0.25, -0.2) is 0 Å². The van der Waals surface area contributed by atoms with Gasteiger partial charge in [0.15, 0.2) is 0 Å². The van der Waals surface area contributed by atoms with Crippen molar-refractivity contribution in [3.05, 3.63) is 0 Å². The molecule has 0 heteroatoms. The van der Waals surface area contributed by atoms with E-state index < -0.39 is 0 Å². The van der Waals surface area contributed by atoms with Crippen molar-refractivity contribution in [2.45, 2.75) is 19.3 Å². The highest BCUT2D eigenvalue weighted by atomic mass is 14.7. The van der Waals surface area contributed by atoms with Crippen LogP contribution >= 0.6 is 0 Å². The van der Waals surface area contributed by atoms with Gasteiger partial charge in [-0.15, -0.1) is 0 Å². The van der Waals surface area contributed by atoms with Crippen molar-refractivity contribution in [3.63, 3.8) is 0 Å². The monoisotopic (exact) mass is 94.1 g/mol. The van der Waals surface area contributed by atoms with Crippen molar-refractivity contribution < 1.29 is 0 Å². The van der Waals surface area contributed by atoms with Crippen LogP contribution in [0.4, 0.5) is 0 Å². The van der Waals surface area contributed by atoms with Gasteiger partial charge in [0.2, 0.25) is 0 Å². The van der Waals surface area contributed by atoms with Gasteiger partial charge >= 0.3 is 0 Å². The largest absolute Gasteiger partial charge is 0.0470 e. The van der Waals surface area contributed by atoms with E-state index >= 15 is 0 Å². The average Bonchev–Trinajstić information content (AvgIpc) is 2.47. The molecule has 4 atom stereocenters. The van der Waals surface area contributed by atoms with E-state index in [1.807, 2.05) is 0 Å². The standard InChI is InChI=1S/C7H10/c1-4-2-6(4)7-3-5(1)7/h4-7H,1-3H2/t4-,5?,6?,7-/m0/s1. The second-order valence-electron chi connectivity index (χ2n) is 3.55. The molecule has 0 heterocycles. The molecule has 0 spiro atoms. The molecule has 3 aliphatic rings. The Bertz CT molecular complexity index is 103. The summed E-state index contributed by atoms with van der Waals surface area (Å²) in [5.41, 5.74) is 0. The Labute approximate surface area is 43.9 Å². The summed E-state index contributed by atoms with van der Waals surface area (Å²) in [6, 6.07) is 0. The first-order valence-electron chi connectivity index (χ1n) is 3.45. The minimum Gasteiger partial charge on any atom is -0.0470 e. The Morgan fingerprint density at radius 2 is 1.29 bits per heavy atom. The van der Waals surface area contributed by atoms with Crippen molar-refractivity contribution in [1.29, 1.82) is 0 Å². The van der Waals surface area contributed by atoms with E-state index in [-0.39, 0.29) is 0 Å². The molecule has 0 aromatic rings. The zero-order chi connectivity index (χ0) is 4.43. The first-order chi connectivity index (χ1) is 3.45. The van der Waals surface area contributed by atoms with Crippen LogP contribution in [-0.2, 0) is 0 Å². The number of hydrogen-bond donors (Lipinski definition) is 0. The molecule has 0 radical (unpaired) electrons. The summed E-state index contributed by atoms with van der Waals surface area (Å²) in [7, 11) is 0. The Balaban J connectivity index is 2.02. The summed E-state index contributed by atoms with van der Waals surface area (Å²) in [5.74, 6) is 4.99. The Hall–Kier alpha value is 0. The van der Waals surface area contributed by atoms with Crippen LogP contribution in [0.3, 0.4) is 0 Å². The molecule has 0 N–H and O–H groups in total. The van der Waals surface area contributed by atoms with Gasteiger partial charge in [-0.2, -0.15) is 0 Å². The number of rotatable bonds is 0. The summed E-state index contributed by atoms with van der Waals surface area (Å²) in [6.07, 6.45) is 4.84. The molecule has 3 saturated carbocycles. The lowest BCUT2D eigenvalue weighted by atomic mass is 10.2. The van der Waals surface area contributed by atoms with Crippen molar-refractivity contribution in [3.8, 4) is 0 Å². The van der Waals surface area contributed by atoms with Gasteiger partial charge in [-0.1, -0.05) is 0 Å². The van der Waals surface area contributed by atoms with Crippen LogP contribution in [0.15, 0.2) is 0 Å². The Morgan fingerprint density at radius 1 is 0.714 bits per heavy atom. The maximum Gasteiger partial charge on any atom is -0.0352 e. The molecule has 0 bridgehead atoms. The van der Waals surface area contributed by atoms with Gasteiger partial charge in [0.1, 0.15) is 0 Å². The molecule has 3 rings (SSSR count). The molecule has 0 aromatic carbocycles. The SMILES string of the molecule is C1C2C[C@@H]2C2C[C@H]12. The van der Waals surface area contributed by atoms with E-state index in [0.717, 1.165) is 0 Å². The molecule has 7 heavy (non-hydrogen) atoms. The van der Waals surface area contributed by atoms with Gasteiger partial charge in [0.05, 0.1) is 0 Å². The highest BCUT2D eigenvalue weighted by Gasteiger charge is 2.60. The number of fused-ring (bicyclic) bond motifs is 3. The normalized spacial score (nSPS) is 72.0. The van der Waals surface area contributed by atoms with E-state index in [1.54, 1.807) is 19.3 Å². The van der Waals surface area contributed by atoms with Crippen LogP contribution in [0.5, 0.6) is 0 Å². The first-order valence-corrected chi connectivity index (χ1v) is 3.45. The average molecular weight is 94.2 g/mol. The van der Waals surface area contributed by atoms with Crippen LogP contribution in [0, 0.1) is 23.7 Å². The van der Waals surface area contributed by atoms with Gasteiger partial charge in [0.25, 0.3) is 0 Å². The first kappa shape index (κ1) is 3.11. The third-order valence-electron chi connectivity index (χ3n) is 3.11. The van der Waals surface area contributed by atoms with Gasteiger partial charge in [-0.05, 0) is 42.9 Å². The molecule has 3 fully saturated rings. The summed E-state index contributed by atoms with van der Waals surface area (Å²) in [4.78, 5) is 0. The summed E-state index contributed by atoms with van der Waals surface area (Å²) >= 11 is 0. The molecule has 0 nitrogen and oxygen atoms in total. The molecular weight excluding hydrogens is 84.1 g/mol. The number of hydrogen-bond acceptors (Lipinski definition) is 0. The molecule has 3 aliphatic carbocycles. The lowest BCUT2D eigenvalue weighted by molar-refractivity contribution is 0.689. The Morgan fingerprint density at radius 3 is 1.57 bits per heavy atom. The second kappa shape index (κ2) is 0.667. The molecular formula is C7H10. The van der Waals surface area contributed by atoms with Crippen molar-refractivity contribution >= 4 is 0 Å². The third-order valence-corrected chi connectivity index (χ3v) is 3.11. The minimum absolute atomic E-state index is 1.24. The minimum atomic E-state index is 1.24. The Kier molecular flexibility index (Phi) is 0.296. The van der Waals surface area contributed by atoms with Gasteiger partial charge < -0.3 is 0 Å². The predicted octanol–water partition coefficient (Wildman–Crippen LogP) is 1.66. The molecule has 0 aliphatic heterocycles. The van der Waals surface area contributed by atoms with E-state index in [2.05, 4.69) is 0 Å². The summed E-state index contributed by atoms with van der Waals surface area (Å²) < 4.78 is 0. The lowest BCUT2D eigenvalue weighted by Gasteiger charge is -1.82. The van der Waals surface area contributed by atoms with E-state index in [4.69, 9.17) is 0 Å². The maximum absolute atomic E-state index is 1.62. The van der Waals surface area contributed by atoms with E-state index in [9.17, 15) is 0 Å². The van der Waals surface area contributed by atoms with Crippen LogP contribution in [0.1, 0.15) is 19.3 Å². The van der Waals surface area contributed by atoms with Crippen molar-refractivity contribution in [2.75, 3.05) is 0 Å². The zero-order valence-corrected chi connectivity index (χ0v) is 4.43. The van der Waals surface area contributed by atoms with E-state index in [1.165, 1.54) is 23.7 Å². The van der Waals surface area contributed by atoms with Crippen molar-refractivity contribution in [1.82, 2.24) is 0 Å². The van der Waals surface area contributed by atoms with Gasteiger partial charge in [-0.3, -0.25) is 0 Å².